The number of ether oxygens (including phenoxy) is 1. The summed E-state index contributed by atoms with van der Waals surface area (Å²) in [7, 11) is 0. The topological polar surface area (TPSA) is 31.3 Å². The van der Waals surface area contributed by atoms with E-state index in [1.807, 2.05) is 17.7 Å². The van der Waals surface area contributed by atoms with Crippen LogP contribution in [0.3, 0.4) is 0 Å². The standard InChI is InChI=1S/C26H26N4OS/c1-2-11-24-21(9-1)12-18-30(24)26(29-16-6-7-17-29)25(28-14-4-5-15-28)22(13-19-31-26)23-10-3-8-20-32-27-23/h1-4,6-11,13-14,19-20H,5,12,15-18H2. The number of para-hydroxylation sites is 1. The van der Waals surface area contributed by atoms with Gasteiger partial charge in [0.1, 0.15) is 5.70 Å². The lowest BCUT2D eigenvalue weighted by Crippen LogP contribution is -2.65. The maximum Gasteiger partial charge on any atom is 0.286 e. The lowest BCUT2D eigenvalue weighted by molar-refractivity contribution is -0.0897. The summed E-state index contributed by atoms with van der Waals surface area (Å²) >= 11 is 1.48. The minimum absolute atomic E-state index is 0.740. The highest BCUT2D eigenvalue weighted by Crippen LogP contribution is 2.46. The molecule has 5 aliphatic rings. The van der Waals surface area contributed by atoms with E-state index in [-0.39, 0.29) is 0 Å². The van der Waals surface area contributed by atoms with Gasteiger partial charge in [-0.3, -0.25) is 0 Å². The summed E-state index contributed by atoms with van der Waals surface area (Å²) in [6.07, 6.45) is 21.2. The monoisotopic (exact) mass is 442 g/mol. The van der Waals surface area contributed by atoms with E-state index in [2.05, 4.69) is 81.6 Å². The van der Waals surface area contributed by atoms with E-state index < -0.39 is 5.85 Å². The van der Waals surface area contributed by atoms with Crippen LogP contribution < -0.4 is 4.90 Å². The molecule has 5 aliphatic heterocycles. The number of nitrogens with zero attached hydrogens (tertiary/aromatic N) is 4. The molecule has 5 nitrogen and oxygen atoms in total. The molecule has 1 aromatic rings. The molecule has 0 spiro atoms. The number of rotatable bonds is 4. The van der Waals surface area contributed by atoms with Gasteiger partial charge in [0.2, 0.25) is 0 Å². The number of fused-ring (bicyclic) bond motifs is 1. The first-order chi connectivity index (χ1) is 15.9. The second-order valence-electron chi connectivity index (χ2n) is 8.33. The fraction of sp³-hybridized carbons (Fsp3) is 0.269. The fourth-order valence-corrected chi connectivity index (χ4v) is 5.68. The first-order valence-corrected chi connectivity index (χ1v) is 12.1. The van der Waals surface area contributed by atoms with Gasteiger partial charge in [-0.2, -0.15) is 0 Å². The molecule has 0 radical (unpaired) electrons. The molecule has 0 aromatic heterocycles. The zero-order valence-corrected chi connectivity index (χ0v) is 18.7. The molecular weight excluding hydrogens is 416 g/mol. The van der Waals surface area contributed by atoms with E-state index in [1.165, 1.54) is 23.2 Å². The maximum atomic E-state index is 6.76. The highest BCUT2D eigenvalue weighted by molar-refractivity contribution is 8.01. The van der Waals surface area contributed by atoms with Crippen LogP contribution >= 0.6 is 11.9 Å². The van der Waals surface area contributed by atoms with Crippen molar-refractivity contribution < 1.29 is 4.74 Å². The molecule has 6 rings (SSSR count). The summed E-state index contributed by atoms with van der Waals surface area (Å²) in [6.45, 7) is 3.55. The van der Waals surface area contributed by atoms with Gasteiger partial charge in [-0.25, -0.2) is 9.30 Å². The molecule has 1 unspecified atom stereocenters. The first-order valence-electron chi connectivity index (χ1n) is 11.2. The van der Waals surface area contributed by atoms with Crippen molar-refractivity contribution in [3.05, 3.63) is 102 Å². The van der Waals surface area contributed by atoms with E-state index in [9.17, 15) is 0 Å². The van der Waals surface area contributed by atoms with Crippen molar-refractivity contribution in [2.75, 3.05) is 31.1 Å². The smallest absolute Gasteiger partial charge is 0.286 e. The lowest BCUT2D eigenvalue weighted by Gasteiger charge is -2.52. The summed E-state index contributed by atoms with van der Waals surface area (Å²) in [5.74, 6) is -0.740. The highest BCUT2D eigenvalue weighted by atomic mass is 32.2. The van der Waals surface area contributed by atoms with Gasteiger partial charge in [0.15, 0.2) is 0 Å². The van der Waals surface area contributed by atoms with Gasteiger partial charge < -0.3 is 14.5 Å². The van der Waals surface area contributed by atoms with E-state index >= 15 is 0 Å². The van der Waals surface area contributed by atoms with Gasteiger partial charge in [-0.1, -0.05) is 48.6 Å². The third-order valence-corrected chi connectivity index (χ3v) is 7.15. The molecular formula is C26H26N4OS. The fourth-order valence-electron chi connectivity index (χ4n) is 5.18. The van der Waals surface area contributed by atoms with E-state index in [1.54, 1.807) is 0 Å². The summed E-state index contributed by atoms with van der Waals surface area (Å²) < 4.78 is 11.6. The normalized spacial score (nSPS) is 26.7. The lowest BCUT2D eigenvalue weighted by atomic mass is 9.98. The zero-order valence-electron chi connectivity index (χ0n) is 17.9. The number of anilines is 1. The third kappa shape index (κ3) is 3.09. The molecule has 6 heteroatoms. The number of allylic oxidation sites excluding steroid dienone is 5. The summed E-state index contributed by atoms with van der Waals surface area (Å²) in [4.78, 5) is 7.27. The number of hydrogen-bond acceptors (Lipinski definition) is 6. The zero-order chi connectivity index (χ0) is 21.4. The number of hydrogen-bond donors (Lipinski definition) is 0. The molecule has 0 N–H and O–H groups in total. The van der Waals surface area contributed by atoms with E-state index in [4.69, 9.17) is 9.13 Å². The van der Waals surface area contributed by atoms with Crippen LogP contribution in [-0.2, 0) is 11.2 Å². The van der Waals surface area contributed by atoms with Crippen molar-refractivity contribution in [2.24, 2.45) is 4.40 Å². The number of benzene rings is 1. The minimum Gasteiger partial charge on any atom is -0.456 e. The Hall–Kier alpha value is -2.96. The van der Waals surface area contributed by atoms with Crippen molar-refractivity contribution in [2.45, 2.75) is 18.7 Å². The quantitative estimate of drug-likeness (QED) is 0.496. The van der Waals surface area contributed by atoms with Gasteiger partial charge in [-0.05, 0) is 42.0 Å². The molecule has 5 heterocycles. The van der Waals surface area contributed by atoms with Crippen molar-refractivity contribution >= 4 is 23.3 Å². The highest BCUT2D eigenvalue weighted by Gasteiger charge is 2.54. The van der Waals surface area contributed by atoms with Crippen LogP contribution in [0.25, 0.3) is 0 Å². The Morgan fingerprint density at radius 2 is 1.91 bits per heavy atom. The largest absolute Gasteiger partial charge is 0.456 e. The van der Waals surface area contributed by atoms with Crippen molar-refractivity contribution in [3.63, 3.8) is 0 Å². The van der Waals surface area contributed by atoms with Crippen LogP contribution in [0.2, 0.25) is 0 Å². The Morgan fingerprint density at radius 3 is 2.78 bits per heavy atom. The Balaban J connectivity index is 1.58. The van der Waals surface area contributed by atoms with E-state index in [0.29, 0.717) is 0 Å². The molecule has 0 fully saturated rings. The van der Waals surface area contributed by atoms with Gasteiger partial charge in [-0.15, -0.1) is 0 Å². The molecule has 0 amide bonds. The predicted molar refractivity (Wildman–Crippen MR) is 132 cm³/mol. The Morgan fingerprint density at radius 1 is 1.00 bits per heavy atom. The van der Waals surface area contributed by atoms with Crippen molar-refractivity contribution in [1.82, 2.24) is 9.80 Å². The van der Waals surface area contributed by atoms with Crippen molar-refractivity contribution in [1.29, 1.82) is 0 Å². The van der Waals surface area contributed by atoms with Crippen LogP contribution in [-0.4, -0.2) is 47.5 Å². The van der Waals surface area contributed by atoms with Crippen LogP contribution in [0.1, 0.15) is 12.0 Å². The Bertz CT molecular complexity index is 1120. The first kappa shape index (κ1) is 19.7. The molecule has 162 valence electrons. The van der Waals surface area contributed by atoms with Crippen molar-refractivity contribution in [3.8, 4) is 0 Å². The van der Waals surface area contributed by atoms with E-state index in [0.717, 1.165) is 56.0 Å². The molecule has 0 aliphatic carbocycles. The molecule has 1 aromatic carbocycles. The van der Waals surface area contributed by atoms with Gasteiger partial charge in [0.05, 0.1) is 12.0 Å². The summed E-state index contributed by atoms with van der Waals surface area (Å²) in [6, 6.07) is 8.74. The van der Waals surface area contributed by atoms with Crippen LogP contribution in [0.15, 0.2) is 100 Å². The van der Waals surface area contributed by atoms with Crippen LogP contribution in [0.4, 0.5) is 5.69 Å². The SMILES string of the molecule is C1=CSN=C(C2=C(N3C=CCC3)C(N3CC=CC3)(N3CCc4ccccc43)OC=C2)C=C1. The molecule has 0 saturated carbocycles. The van der Waals surface area contributed by atoms with Gasteiger partial charge in [0, 0.05) is 55.6 Å². The maximum absolute atomic E-state index is 6.76. The average Bonchev–Trinajstić information content (AvgIpc) is 3.58. The Labute approximate surface area is 193 Å². The second kappa shape index (κ2) is 8.19. The van der Waals surface area contributed by atoms with Gasteiger partial charge >= 0.3 is 0 Å². The molecule has 1 atom stereocenters. The molecule has 0 saturated heterocycles. The predicted octanol–water partition coefficient (Wildman–Crippen LogP) is 4.76. The Kier molecular flexibility index (Phi) is 5.04. The average molecular weight is 443 g/mol. The van der Waals surface area contributed by atoms with Crippen LogP contribution in [0, 0.1) is 0 Å². The molecule has 32 heavy (non-hydrogen) atoms. The van der Waals surface area contributed by atoms with Gasteiger partial charge in [0.25, 0.3) is 5.85 Å². The summed E-state index contributed by atoms with van der Waals surface area (Å²) in [5.41, 5.74) is 5.87. The summed E-state index contributed by atoms with van der Waals surface area (Å²) in [5, 5.41) is 2.01. The second-order valence-corrected chi connectivity index (χ2v) is 9.00. The minimum atomic E-state index is -0.740. The van der Waals surface area contributed by atoms with Crippen LogP contribution in [0.5, 0.6) is 0 Å². The molecule has 0 bridgehead atoms. The third-order valence-electron chi connectivity index (χ3n) is 6.57.